The van der Waals surface area contributed by atoms with Crippen LogP contribution in [0.5, 0.6) is 0 Å². The minimum Gasteiger partial charge on any atom is -0.427 e. The molecule has 1 aliphatic rings. The summed E-state index contributed by atoms with van der Waals surface area (Å²) >= 11 is 0. The van der Waals surface area contributed by atoms with E-state index in [0.29, 0.717) is 18.6 Å². The molecule has 1 atom stereocenters. The standard InChI is InChI=1S/C11H12O3/c1-11(13)6-2-3-8-4-5-10(12)14-9(8)7-11/h2-5,13H,6-7H2,1H3. The average molecular weight is 192 g/mol. The molecule has 74 valence electrons. The average Bonchev–Trinajstić information content (AvgIpc) is 2.21. The fourth-order valence-electron chi connectivity index (χ4n) is 1.61. The van der Waals surface area contributed by atoms with Gasteiger partial charge in [0.25, 0.3) is 0 Å². The van der Waals surface area contributed by atoms with Crippen LogP contribution in [0.1, 0.15) is 24.7 Å². The Morgan fingerprint density at radius 3 is 3.07 bits per heavy atom. The molecule has 0 amide bonds. The molecular weight excluding hydrogens is 180 g/mol. The first-order chi connectivity index (χ1) is 6.57. The monoisotopic (exact) mass is 192 g/mol. The van der Waals surface area contributed by atoms with Crippen molar-refractivity contribution in [2.75, 3.05) is 0 Å². The normalized spacial score (nSPS) is 25.6. The highest BCUT2D eigenvalue weighted by Gasteiger charge is 2.24. The molecule has 0 saturated heterocycles. The van der Waals surface area contributed by atoms with Crippen LogP contribution < -0.4 is 5.63 Å². The van der Waals surface area contributed by atoms with E-state index in [1.165, 1.54) is 6.07 Å². The minimum absolute atomic E-state index is 0.366. The van der Waals surface area contributed by atoms with Crippen LogP contribution in [0, 0.1) is 0 Å². The van der Waals surface area contributed by atoms with Crippen molar-refractivity contribution in [2.45, 2.75) is 25.4 Å². The van der Waals surface area contributed by atoms with Gasteiger partial charge in [-0.15, -0.1) is 0 Å². The second-order valence-electron chi connectivity index (χ2n) is 3.91. The van der Waals surface area contributed by atoms with E-state index in [2.05, 4.69) is 0 Å². The highest BCUT2D eigenvalue weighted by Crippen LogP contribution is 2.24. The maximum absolute atomic E-state index is 11.0. The number of hydrogen-bond acceptors (Lipinski definition) is 3. The molecule has 1 heterocycles. The van der Waals surface area contributed by atoms with Crippen molar-refractivity contribution in [3.05, 3.63) is 40.0 Å². The van der Waals surface area contributed by atoms with Crippen LogP contribution in [0.15, 0.2) is 27.4 Å². The molecule has 1 aromatic heterocycles. The zero-order valence-corrected chi connectivity index (χ0v) is 7.99. The van der Waals surface area contributed by atoms with Crippen LogP contribution in [0.2, 0.25) is 0 Å². The van der Waals surface area contributed by atoms with Crippen molar-refractivity contribution in [1.82, 2.24) is 0 Å². The van der Waals surface area contributed by atoms with Crippen LogP contribution in [0.4, 0.5) is 0 Å². The number of hydrogen-bond donors (Lipinski definition) is 1. The van der Waals surface area contributed by atoms with Gasteiger partial charge in [0.1, 0.15) is 5.76 Å². The van der Waals surface area contributed by atoms with E-state index in [1.807, 2.05) is 12.2 Å². The summed E-state index contributed by atoms with van der Waals surface area (Å²) in [4.78, 5) is 11.0. The molecule has 1 N–H and O–H groups in total. The lowest BCUT2D eigenvalue weighted by atomic mass is 9.98. The molecule has 2 rings (SSSR count). The molecular formula is C11H12O3. The van der Waals surface area contributed by atoms with Gasteiger partial charge < -0.3 is 9.52 Å². The lowest BCUT2D eigenvalue weighted by Gasteiger charge is -2.19. The van der Waals surface area contributed by atoms with Gasteiger partial charge in [0.05, 0.1) is 5.60 Å². The summed E-state index contributed by atoms with van der Waals surface area (Å²) < 4.78 is 5.05. The van der Waals surface area contributed by atoms with E-state index in [4.69, 9.17) is 4.42 Å². The predicted octanol–water partition coefficient (Wildman–Crippen LogP) is 1.35. The molecule has 0 bridgehead atoms. The van der Waals surface area contributed by atoms with Crippen LogP contribution >= 0.6 is 0 Å². The minimum atomic E-state index is -0.820. The van der Waals surface area contributed by atoms with Gasteiger partial charge in [0.15, 0.2) is 0 Å². The summed E-state index contributed by atoms with van der Waals surface area (Å²) in [6.45, 7) is 1.74. The summed E-state index contributed by atoms with van der Waals surface area (Å²) in [5, 5.41) is 9.88. The molecule has 1 aromatic rings. The molecule has 0 fully saturated rings. The maximum atomic E-state index is 11.0. The van der Waals surface area contributed by atoms with E-state index in [0.717, 1.165) is 5.56 Å². The van der Waals surface area contributed by atoms with E-state index in [9.17, 15) is 9.90 Å². The van der Waals surface area contributed by atoms with Gasteiger partial charge in [-0.25, -0.2) is 4.79 Å². The quantitative estimate of drug-likeness (QED) is 0.675. The Kier molecular flexibility index (Phi) is 2.04. The smallest absolute Gasteiger partial charge is 0.335 e. The van der Waals surface area contributed by atoms with Gasteiger partial charge in [-0.05, 0) is 19.4 Å². The second kappa shape index (κ2) is 3.10. The summed E-state index contributed by atoms with van der Waals surface area (Å²) in [6, 6.07) is 3.11. The van der Waals surface area contributed by atoms with Crippen molar-refractivity contribution in [3.63, 3.8) is 0 Å². The van der Waals surface area contributed by atoms with E-state index < -0.39 is 5.60 Å². The zero-order valence-electron chi connectivity index (χ0n) is 7.99. The zero-order chi connectivity index (χ0) is 10.2. The topological polar surface area (TPSA) is 50.4 Å². The molecule has 3 nitrogen and oxygen atoms in total. The molecule has 0 aliphatic heterocycles. The van der Waals surface area contributed by atoms with Crippen LogP contribution in [-0.2, 0) is 6.42 Å². The molecule has 1 unspecified atom stereocenters. The van der Waals surface area contributed by atoms with Crippen molar-refractivity contribution < 1.29 is 9.52 Å². The first-order valence-corrected chi connectivity index (χ1v) is 4.59. The third-order valence-electron chi connectivity index (χ3n) is 2.34. The third kappa shape index (κ3) is 1.77. The summed E-state index contributed by atoms with van der Waals surface area (Å²) in [7, 11) is 0. The highest BCUT2D eigenvalue weighted by molar-refractivity contribution is 5.52. The molecule has 0 saturated carbocycles. The number of rotatable bonds is 0. The van der Waals surface area contributed by atoms with Crippen LogP contribution in [0.25, 0.3) is 6.08 Å². The van der Waals surface area contributed by atoms with Crippen molar-refractivity contribution in [1.29, 1.82) is 0 Å². The molecule has 1 aliphatic carbocycles. The van der Waals surface area contributed by atoms with Crippen LogP contribution in [-0.4, -0.2) is 10.7 Å². The van der Waals surface area contributed by atoms with Gasteiger partial charge in [-0.1, -0.05) is 12.2 Å². The van der Waals surface area contributed by atoms with Gasteiger partial charge in [-0.3, -0.25) is 0 Å². The summed E-state index contributed by atoms with van der Waals surface area (Å²) in [5.74, 6) is 0.566. The Balaban J connectivity index is 2.51. The van der Waals surface area contributed by atoms with Gasteiger partial charge in [0.2, 0.25) is 0 Å². The van der Waals surface area contributed by atoms with Gasteiger partial charge >= 0.3 is 5.63 Å². The number of aliphatic hydroxyl groups is 1. The van der Waals surface area contributed by atoms with Crippen LogP contribution in [0.3, 0.4) is 0 Å². The fourth-order valence-corrected chi connectivity index (χ4v) is 1.61. The van der Waals surface area contributed by atoms with Gasteiger partial charge in [-0.2, -0.15) is 0 Å². The lowest BCUT2D eigenvalue weighted by Crippen LogP contribution is -2.26. The largest absolute Gasteiger partial charge is 0.427 e. The van der Waals surface area contributed by atoms with E-state index in [-0.39, 0.29) is 5.63 Å². The highest BCUT2D eigenvalue weighted by atomic mass is 16.4. The number of fused-ring (bicyclic) bond motifs is 1. The molecule has 0 radical (unpaired) electrons. The fraction of sp³-hybridized carbons (Fsp3) is 0.364. The van der Waals surface area contributed by atoms with Crippen molar-refractivity contribution in [2.24, 2.45) is 0 Å². The van der Waals surface area contributed by atoms with Crippen molar-refractivity contribution in [3.8, 4) is 0 Å². The Morgan fingerprint density at radius 2 is 2.29 bits per heavy atom. The van der Waals surface area contributed by atoms with Gasteiger partial charge in [0, 0.05) is 18.1 Å². The van der Waals surface area contributed by atoms with E-state index in [1.54, 1.807) is 13.0 Å². The Bertz CT molecular complexity index is 426. The Morgan fingerprint density at radius 1 is 1.50 bits per heavy atom. The molecule has 0 aromatic carbocycles. The summed E-state index contributed by atoms with van der Waals surface area (Å²) in [5.41, 5.74) is -0.309. The summed E-state index contributed by atoms with van der Waals surface area (Å²) in [6.07, 6.45) is 4.72. The van der Waals surface area contributed by atoms with Crippen molar-refractivity contribution >= 4 is 6.08 Å². The molecule has 14 heavy (non-hydrogen) atoms. The second-order valence-corrected chi connectivity index (χ2v) is 3.91. The third-order valence-corrected chi connectivity index (χ3v) is 2.34. The first kappa shape index (κ1) is 9.21. The van der Waals surface area contributed by atoms with E-state index >= 15 is 0 Å². The molecule has 3 heteroatoms. The Hall–Kier alpha value is -1.35. The molecule has 0 spiro atoms. The lowest BCUT2D eigenvalue weighted by molar-refractivity contribution is 0.0583. The first-order valence-electron chi connectivity index (χ1n) is 4.59. The Labute approximate surface area is 81.7 Å². The SMILES string of the molecule is CC1(O)CC=Cc2ccc(=O)oc2C1. The maximum Gasteiger partial charge on any atom is 0.335 e. The predicted molar refractivity (Wildman–Crippen MR) is 53.0 cm³/mol.